The van der Waals surface area contributed by atoms with Crippen molar-refractivity contribution in [3.63, 3.8) is 0 Å². The summed E-state index contributed by atoms with van der Waals surface area (Å²) >= 11 is 5.85. The number of halogens is 1. The molecular formula is C15H22ClN3O. The van der Waals surface area contributed by atoms with Crippen LogP contribution >= 0.6 is 11.6 Å². The van der Waals surface area contributed by atoms with Crippen molar-refractivity contribution < 1.29 is 4.79 Å². The third-order valence-corrected chi connectivity index (χ3v) is 4.06. The first-order valence-electron chi connectivity index (χ1n) is 7.15. The zero-order chi connectivity index (χ0) is 14.5. The average Bonchev–Trinajstić information content (AvgIpc) is 2.59. The molecule has 5 heteroatoms. The lowest BCUT2D eigenvalue weighted by molar-refractivity contribution is -0.117. The van der Waals surface area contributed by atoms with Crippen LogP contribution in [-0.2, 0) is 4.79 Å². The van der Waals surface area contributed by atoms with E-state index in [1.165, 1.54) is 19.3 Å². The van der Waals surface area contributed by atoms with Crippen LogP contribution in [0.3, 0.4) is 0 Å². The monoisotopic (exact) mass is 295 g/mol. The number of hydrogen-bond donors (Lipinski definition) is 2. The number of hydrogen-bond acceptors (Lipinski definition) is 3. The van der Waals surface area contributed by atoms with Crippen LogP contribution in [-0.4, -0.2) is 29.9 Å². The van der Waals surface area contributed by atoms with Crippen LogP contribution in [0.4, 0.5) is 11.4 Å². The molecule has 3 N–H and O–H groups in total. The van der Waals surface area contributed by atoms with Gasteiger partial charge in [0.1, 0.15) is 0 Å². The van der Waals surface area contributed by atoms with Crippen LogP contribution in [0.2, 0.25) is 5.02 Å². The van der Waals surface area contributed by atoms with E-state index in [1.807, 2.05) is 0 Å². The number of nitrogens with one attached hydrogen (secondary N) is 1. The van der Waals surface area contributed by atoms with Crippen molar-refractivity contribution in [1.82, 2.24) is 4.90 Å². The molecule has 1 aliphatic rings. The number of benzene rings is 1. The molecule has 2 rings (SSSR count). The molecular weight excluding hydrogens is 274 g/mol. The van der Waals surface area contributed by atoms with Gasteiger partial charge in [0, 0.05) is 11.1 Å². The molecule has 1 aromatic rings. The van der Waals surface area contributed by atoms with Crippen LogP contribution in [0.15, 0.2) is 18.2 Å². The van der Waals surface area contributed by atoms with E-state index in [-0.39, 0.29) is 5.91 Å². The molecule has 1 heterocycles. The van der Waals surface area contributed by atoms with E-state index < -0.39 is 0 Å². The smallest absolute Gasteiger partial charge is 0.238 e. The predicted molar refractivity (Wildman–Crippen MR) is 84.0 cm³/mol. The van der Waals surface area contributed by atoms with E-state index >= 15 is 0 Å². The van der Waals surface area contributed by atoms with E-state index in [4.69, 9.17) is 17.3 Å². The number of nitrogens with zero attached hydrogens (tertiary/aromatic N) is 1. The Morgan fingerprint density at radius 3 is 3.00 bits per heavy atom. The van der Waals surface area contributed by atoms with Crippen molar-refractivity contribution in [3.8, 4) is 0 Å². The first-order valence-corrected chi connectivity index (χ1v) is 7.53. The molecule has 0 aromatic heterocycles. The zero-order valence-electron chi connectivity index (χ0n) is 11.9. The summed E-state index contributed by atoms with van der Waals surface area (Å²) in [6, 6.07) is 5.57. The minimum atomic E-state index is -0.0206. The van der Waals surface area contributed by atoms with E-state index in [0.29, 0.717) is 29.0 Å². The maximum Gasteiger partial charge on any atom is 0.238 e. The third kappa shape index (κ3) is 4.12. The summed E-state index contributed by atoms with van der Waals surface area (Å²) in [5.41, 5.74) is 6.96. The van der Waals surface area contributed by atoms with E-state index in [9.17, 15) is 4.79 Å². The first kappa shape index (κ1) is 15.1. The summed E-state index contributed by atoms with van der Waals surface area (Å²) in [5, 5.41) is 3.43. The van der Waals surface area contributed by atoms with Gasteiger partial charge in [0.2, 0.25) is 5.91 Å². The first-order chi connectivity index (χ1) is 9.56. The van der Waals surface area contributed by atoms with Crippen molar-refractivity contribution >= 4 is 28.9 Å². The second kappa shape index (κ2) is 6.95. The van der Waals surface area contributed by atoms with Crippen molar-refractivity contribution in [2.24, 2.45) is 0 Å². The summed E-state index contributed by atoms with van der Waals surface area (Å²) in [5.74, 6) is -0.0206. The zero-order valence-corrected chi connectivity index (χ0v) is 12.6. The Bertz CT molecular complexity index is 478. The molecule has 0 bridgehead atoms. The standard InChI is InChI=1S/C15H22ClN3O/c1-11-5-3-2-4-8-19(11)10-15(20)18-14-7-6-12(16)9-13(14)17/h6-7,9,11H,2-5,8,10,17H2,1H3,(H,18,20). The van der Waals surface area contributed by atoms with Gasteiger partial charge in [0.05, 0.1) is 17.9 Å². The highest BCUT2D eigenvalue weighted by atomic mass is 35.5. The van der Waals surface area contributed by atoms with Gasteiger partial charge in [-0.1, -0.05) is 24.4 Å². The number of carbonyl (C=O) groups is 1. The summed E-state index contributed by atoms with van der Waals surface area (Å²) < 4.78 is 0. The lowest BCUT2D eigenvalue weighted by Gasteiger charge is -2.26. The maximum atomic E-state index is 12.1. The number of rotatable bonds is 3. The van der Waals surface area contributed by atoms with Crippen LogP contribution in [0.1, 0.15) is 32.6 Å². The Morgan fingerprint density at radius 1 is 1.45 bits per heavy atom. The summed E-state index contributed by atoms with van der Waals surface area (Å²) in [6.07, 6.45) is 4.84. The second-order valence-corrected chi connectivity index (χ2v) is 5.89. The Labute approximate surface area is 125 Å². The van der Waals surface area contributed by atoms with Gasteiger partial charge in [-0.05, 0) is 44.5 Å². The Kier molecular flexibility index (Phi) is 5.26. The summed E-state index contributed by atoms with van der Waals surface area (Å²) in [6.45, 7) is 3.60. The molecule has 1 amide bonds. The number of anilines is 2. The minimum Gasteiger partial charge on any atom is -0.397 e. The molecule has 1 fully saturated rings. The molecule has 0 aliphatic carbocycles. The fourth-order valence-electron chi connectivity index (χ4n) is 2.59. The molecule has 110 valence electrons. The molecule has 1 saturated heterocycles. The highest BCUT2D eigenvalue weighted by Crippen LogP contribution is 2.23. The molecule has 1 atom stereocenters. The third-order valence-electron chi connectivity index (χ3n) is 3.82. The van der Waals surface area contributed by atoms with Gasteiger partial charge >= 0.3 is 0 Å². The molecule has 4 nitrogen and oxygen atoms in total. The van der Waals surface area contributed by atoms with Crippen molar-refractivity contribution in [3.05, 3.63) is 23.2 Å². The predicted octanol–water partition coefficient (Wildman–Crippen LogP) is 3.13. The average molecular weight is 296 g/mol. The number of nitrogen functional groups attached to an aromatic ring is 1. The topological polar surface area (TPSA) is 58.4 Å². The van der Waals surface area contributed by atoms with Gasteiger partial charge in [-0.2, -0.15) is 0 Å². The van der Waals surface area contributed by atoms with Crippen molar-refractivity contribution in [1.29, 1.82) is 0 Å². The van der Waals surface area contributed by atoms with Gasteiger partial charge < -0.3 is 11.1 Å². The van der Waals surface area contributed by atoms with Gasteiger partial charge in [-0.15, -0.1) is 0 Å². The fraction of sp³-hybridized carbons (Fsp3) is 0.533. The van der Waals surface area contributed by atoms with Crippen LogP contribution in [0, 0.1) is 0 Å². The largest absolute Gasteiger partial charge is 0.397 e. The SMILES string of the molecule is CC1CCCCCN1CC(=O)Nc1ccc(Cl)cc1N. The molecule has 0 radical (unpaired) electrons. The maximum absolute atomic E-state index is 12.1. The number of nitrogens with two attached hydrogens (primary N) is 1. The second-order valence-electron chi connectivity index (χ2n) is 5.45. The number of likely N-dealkylation sites (tertiary alicyclic amines) is 1. The highest BCUT2D eigenvalue weighted by molar-refractivity contribution is 6.31. The molecule has 1 unspecified atom stereocenters. The van der Waals surface area contributed by atoms with Gasteiger partial charge in [0.15, 0.2) is 0 Å². The number of carbonyl (C=O) groups excluding carboxylic acids is 1. The lowest BCUT2D eigenvalue weighted by atomic mass is 10.1. The molecule has 1 aliphatic heterocycles. The Balaban J connectivity index is 1.94. The normalized spacial score (nSPS) is 20.4. The van der Waals surface area contributed by atoms with E-state index in [0.717, 1.165) is 13.0 Å². The molecule has 0 saturated carbocycles. The van der Waals surface area contributed by atoms with Crippen molar-refractivity contribution in [2.45, 2.75) is 38.6 Å². The number of amides is 1. The Hall–Kier alpha value is -1.26. The lowest BCUT2D eigenvalue weighted by Crippen LogP contribution is -2.39. The van der Waals surface area contributed by atoms with E-state index in [1.54, 1.807) is 18.2 Å². The Morgan fingerprint density at radius 2 is 2.25 bits per heavy atom. The highest BCUT2D eigenvalue weighted by Gasteiger charge is 2.19. The van der Waals surface area contributed by atoms with Gasteiger partial charge in [0.25, 0.3) is 0 Å². The minimum absolute atomic E-state index is 0.0206. The van der Waals surface area contributed by atoms with Crippen LogP contribution in [0.5, 0.6) is 0 Å². The molecule has 20 heavy (non-hydrogen) atoms. The van der Waals surface area contributed by atoms with Gasteiger partial charge in [-0.25, -0.2) is 0 Å². The van der Waals surface area contributed by atoms with Crippen molar-refractivity contribution in [2.75, 3.05) is 24.1 Å². The van der Waals surface area contributed by atoms with Crippen LogP contribution in [0.25, 0.3) is 0 Å². The fourth-order valence-corrected chi connectivity index (χ4v) is 2.77. The molecule has 0 spiro atoms. The molecule has 1 aromatic carbocycles. The summed E-state index contributed by atoms with van der Waals surface area (Å²) in [7, 11) is 0. The van der Waals surface area contributed by atoms with Crippen LogP contribution < -0.4 is 11.1 Å². The quantitative estimate of drug-likeness (QED) is 0.842. The summed E-state index contributed by atoms with van der Waals surface area (Å²) in [4.78, 5) is 14.4. The van der Waals surface area contributed by atoms with Gasteiger partial charge in [-0.3, -0.25) is 9.69 Å². The van der Waals surface area contributed by atoms with E-state index in [2.05, 4.69) is 17.1 Å².